The summed E-state index contributed by atoms with van der Waals surface area (Å²) in [5, 5.41) is 0. The molecule has 1 aliphatic rings. The first-order valence-electron chi connectivity index (χ1n) is 6.12. The lowest BCUT2D eigenvalue weighted by Gasteiger charge is -2.14. The summed E-state index contributed by atoms with van der Waals surface area (Å²) >= 11 is 0. The van der Waals surface area contributed by atoms with Crippen LogP contribution in [0.4, 0.5) is 0 Å². The Morgan fingerprint density at radius 1 is 1.06 bits per heavy atom. The molecule has 0 aliphatic carbocycles. The van der Waals surface area contributed by atoms with Gasteiger partial charge in [0, 0.05) is 5.56 Å². The lowest BCUT2D eigenvalue weighted by atomic mass is 10.2. The van der Waals surface area contributed by atoms with Crippen LogP contribution < -0.4 is 10.9 Å². The van der Waals surface area contributed by atoms with E-state index >= 15 is 0 Å². The highest BCUT2D eigenvalue weighted by molar-refractivity contribution is 5.95. The number of carbonyl (C=O) groups is 2. The lowest BCUT2D eigenvalue weighted by Crippen LogP contribution is -2.45. The van der Waals surface area contributed by atoms with Gasteiger partial charge in [-0.05, 0) is 38.1 Å². The molecule has 0 saturated carbocycles. The Bertz CT molecular complexity index is 414. The molecule has 1 aromatic carbocycles. The van der Waals surface area contributed by atoms with Crippen LogP contribution in [0.2, 0.25) is 0 Å². The standard InChI is InChI=1S/C13H17N3O2/c17-12(10-16-8-4-5-9-16)14-15-13(18)11-6-2-1-3-7-11/h1-3,6-7H,4-5,8-10H2,(H,14,17)(H,15,18). The zero-order chi connectivity index (χ0) is 12.8. The minimum Gasteiger partial charge on any atom is -0.294 e. The van der Waals surface area contributed by atoms with Crippen molar-refractivity contribution >= 4 is 11.8 Å². The highest BCUT2D eigenvalue weighted by Crippen LogP contribution is 2.05. The average Bonchev–Trinajstić information content (AvgIpc) is 2.90. The molecule has 0 bridgehead atoms. The molecule has 2 amide bonds. The largest absolute Gasteiger partial charge is 0.294 e. The van der Waals surface area contributed by atoms with Gasteiger partial charge in [0.2, 0.25) is 0 Å². The maximum absolute atomic E-state index is 11.6. The molecule has 0 aromatic heterocycles. The highest BCUT2D eigenvalue weighted by atomic mass is 16.2. The minimum atomic E-state index is -0.301. The van der Waals surface area contributed by atoms with E-state index in [0.29, 0.717) is 12.1 Å². The number of nitrogens with one attached hydrogen (secondary N) is 2. The second-order valence-electron chi connectivity index (χ2n) is 4.35. The summed E-state index contributed by atoms with van der Waals surface area (Å²) in [6.07, 6.45) is 2.29. The van der Waals surface area contributed by atoms with Gasteiger partial charge in [0.05, 0.1) is 6.54 Å². The summed E-state index contributed by atoms with van der Waals surface area (Å²) < 4.78 is 0. The number of amides is 2. The van der Waals surface area contributed by atoms with Crippen LogP contribution in [-0.2, 0) is 4.79 Å². The molecule has 0 spiro atoms. The van der Waals surface area contributed by atoms with Gasteiger partial charge in [-0.15, -0.1) is 0 Å². The third-order valence-electron chi connectivity index (χ3n) is 2.92. The maximum atomic E-state index is 11.6. The van der Waals surface area contributed by atoms with Gasteiger partial charge < -0.3 is 0 Å². The Morgan fingerprint density at radius 2 is 1.72 bits per heavy atom. The first-order valence-corrected chi connectivity index (χ1v) is 6.12. The smallest absolute Gasteiger partial charge is 0.269 e. The van der Waals surface area contributed by atoms with Gasteiger partial charge >= 0.3 is 0 Å². The maximum Gasteiger partial charge on any atom is 0.269 e. The van der Waals surface area contributed by atoms with Crippen molar-refractivity contribution in [2.45, 2.75) is 12.8 Å². The summed E-state index contributed by atoms with van der Waals surface area (Å²) in [4.78, 5) is 25.3. The molecule has 0 atom stereocenters. The van der Waals surface area contributed by atoms with Crippen LogP contribution >= 0.6 is 0 Å². The molecule has 1 aliphatic heterocycles. The molecule has 2 rings (SSSR count). The Labute approximate surface area is 106 Å². The molecule has 0 unspecified atom stereocenters. The summed E-state index contributed by atoms with van der Waals surface area (Å²) in [6.45, 7) is 2.26. The normalized spacial score (nSPS) is 15.3. The Morgan fingerprint density at radius 3 is 2.39 bits per heavy atom. The van der Waals surface area contributed by atoms with Crippen LogP contribution in [0.15, 0.2) is 30.3 Å². The van der Waals surface area contributed by atoms with Crippen molar-refractivity contribution < 1.29 is 9.59 Å². The first kappa shape index (κ1) is 12.6. The van der Waals surface area contributed by atoms with Crippen molar-refractivity contribution in [3.05, 3.63) is 35.9 Å². The van der Waals surface area contributed by atoms with E-state index in [1.54, 1.807) is 24.3 Å². The molecule has 96 valence electrons. The van der Waals surface area contributed by atoms with Crippen LogP contribution in [0.1, 0.15) is 23.2 Å². The van der Waals surface area contributed by atoms with Gasteiger partial charge in [0.1, 0.15) is 0 Å². The SMILES string of the molecule is O=C(CN1CCCC1)NNC(=O)c1ccccc1. The van der Waals surface area contributed by atoms with Crippen molar-refractivity contribution in [3.8, 4) is 0 Å². The fourth-order valence-electron chi connectivity index (χ4n) is 1.97. The van der Waals surface area contributed by atoms with Crippen LogP contribution in [0.5, 0.6) is 0 Å². The second-order valence-corrected chi connectivity index (χ2v) is 4.35. The number of nitrogens with zero attached hydrogens (tertiary/aromatic N) is 1. The zero-order valence-electron chi connectivity index (χ0n) is 10.2. The van der Waals surface area contributed by atoms with E-state index in [0.717, 1.165) is 25.9 Å². The molecule has 1 heterocycles. The van der Waals surface area contributed by atoms with Gasteiger partial charge in [-0.1, -0.05) is 18.2 Å². The van der Waals surface area contributed by atoms with E-state index in [9.17, 15) is 9.59 Å². The summed E-state index contributed by atoms with van der Waals surface area (Å²) in [7, 11) is 0. The molecular formula is C13H17N3O2. The van der Waals surface area contributed by atoms with E-state index in [1.165, 1.54) is 0 Å². The molecular weight excluding hydrogens is 230 g/mol. The molecule has 18 heavy (non-hydrogen) atoms. The monoisotopic (exact) mass is 247 g/mol. The molecule has 1 aromatic rings. The van der Waals surface area contributed by atoms with Crippen molar-refractivity contribution in [1.29, 1.82) is 0 Å². The minimum absolute atomic E-state index is 0.179. The average molecular weight is 247 g/mol. The highest BCUT2D eigenvalue weighted by Gasteiger charge is 2.15. The molecule has 5 heteroatoms. The van der Waals surface area contributed by atoms with Crippen LogP contribution in [0.25, 0.3) is 0 Å². The topological polar surface area (TPSA) is 61.4 Å². The fraction of sp³-hybridized carbons (Fsp3) is 0.385. The van der Waals surface area contributed by atoms with E-state index in [1.807, 2.05) is 6.07 Å². The third kappa shape index (κ3) is 3.56. The number of hydrogen-bond acceptors (Lipinski definition) is 3. The van der Waals surface area contributed by atoms with Crippen molar-refractivity contribution in [3.63, 3.8) is 0 Å². The molecule has 5 nitrogen and oxygen atoms in total. The fourth-order valence-corrected chi connectivity index (χ4v) is 1.97. The van der Waals surface area contributed by atoms with Gasteiger partial charge in [-0.25, -0.2) is 0 Å². The number of carbonyl (C=O) groups excluding carboxylic acids is 2. The lowest BCUT2D eigenvalue weighted by molar-refractivity contribution is -0.122. The zero-order valence-corrected chi connectivity index (χ0v) is 10.2. The molecule has 2 N–H and O–H groups in total. The predicted octanol–water partition coefficient (Wildman–Crippen LogP) is 0.543. The molecule has 1 fully saturated rings. The van der Waals surface area contributed by atoms with Crippen LogP contribution in [0.3, 0.4) is 0 Å². The van der Waals surface area contributed by atoms with Crippen LogP contribution in [0, 0.1) is 0 Å². The Kier molecular flexibility index (Phi) is 4.30. The van der Waals surface area contributed by atoms with Crippen molar-refractivity contribution in [1.82, 2.24) is 15.8 Å². The summed E-state index contributed by atoms with van der Waals surface area (Å²) in [5.74, 6) is -0.480. The predicted molar refractivity (Wildman–Crippen MR) is 67.7 cm³/mol. The quantitative estimate of drug-likeness (QED) is 0.767. The molecule has 1 saturated heterocycles. The van der Waals surface area contributed by atoms with Gasteiger partial charge in [0.15, 0.2) is 0 Å². The number of hydrogen-bond donors (Lipinski definition) is 2. The van der Waals surface area contributed by atoms with Gasteiger partial charge in [0.25, 0.3) is 11.8 Å². The van der Waals surface area contributed by atoms with Crippen molar-refractivity contribution in [2.75, 3.05) is 19.6 Å². The first-order chi connectivity index (χ1) is 8.75. The molecule has 0 radical (unpaired) electrons. The number of benzene rings is 1. The van der Waals surface area contributed by atoms with E-state index in [-0.39, 0.29) is 11.8 Å². The van der Waals surface area contributed by atoms with Gasteiger partial charge in [-0.2, -0.15) is 0 Å². The van der Waals surface area contributed by atoms with E-state index in [2.05, 4.69) is 15.8 Å². The third-order valence-corrected chi connectivity index (χ3v) is 2.92. The summed E-state index contributed by atoms with van der Waals surface area (Å²) in [5.41, 5.74) is 5.36. The van der Waals surface area contributed by atoms with E-state index in [4.69, 9.17) is 0 Å². The number of likely N-dealkylation sites (tertiary alicyclic amines) is 1. The van der Waals surface area contributed by atoms with Crippen molar-refractivity contribution in [2.24, 2.45) is 0 Å². The number of hydrazine groups is 1. The second kappa shape index (κ2) is 6.16. The Balaban J connectivity index is 1.74. The Hall–Kier alpha value is -1.88. The van der Waals surface area contributed by atoms with Gasteiger partial charge in [-0.3, -0.25) is 25.3 Å². The summed E-state index contributed by atoms with van der Waals surface area (Å²) in [6, 6.07) is 8.79. The van der Waals surface area contributed by atoms with Crippen LogP contribution in [-0.4, -0.2) is 36.3 Å². The van der Waals surface area contributed by atoms with E-state index < -0.39 is 0 Å². The number of rotatable bonds is 3.